The van der Waals surface area contributed by atoms with E-state index in [1.165, 1.54) is 6.42 Å². The summed E-state index contributed by atoms with van der Waals surface area (Å²) in [6, 6.07) is 0. The first-order valence-electron chi connectivity index (χ1n) is 5.70. The van der Waals surface area contributed by atoms with Crippen LogP contribution in [-0.4, -0.2) is 30.8 Å². The van der Waals surface area contributed by atoms with Gasteiger partial charge in [0.15, 0.2) is 0 Å². The van der Waals surface area contributed by atoms with E-state index < -0.39 is 0 Å². The topological polar surface area (TPSA) is 20.3 Å². The lowest BCUT2D eigenvalue weighted by atomic mass is 9.89. The molecule has 1 aliphatic carbocycles. The summed E-state index contributed by atoms with van der Waals surface area (Å²) in [5.74, 6) is 0.766. The first-order chi connectivity index (χ1) is 6.47. The maximum atomic E-state index is 11.9. The molecule has 0 radical (unpaired) electrons. The molecule has 14 heavy (non-hydrogen) atoms. The van der Waals surface area contributed by atoms with Gasteiger partial charge in [0.25, 0.3) is 0 Å². The molecule has 0 aromatic carbocycles. The predicted octanol–water partition coefficient (Wildman–Crippen LogP) is 2.33. The molecule has 0 aliphatic heterocycles. The maximum Gasteiger partial charge on any atom is 0.142 e. The minimum atomic E-state index is -0.0578. The van der Waals surface area contributed by atoms with Crippen molar-refractivity contribution in [1.29, 1.82) is 0 Å². The minimum Gasteiger partial charge on any atom is -0.306 e. The first kappa shape index (κ1) is 11.7. The van der Waals surface area contributed by atoms with Crippen molar-refractivity contribution in [2.24, 2.45) is 11.3 Å². The Labute approximate surface area is 87.7 Å². The van der Waals surface area contributed by atoms with E-state index in [0.717, 1.165) is 25.9 Å². The zero-order valence-corrected chi connectivity index (χ0v) is 9.97. The summed E-state index contributed by atoms with van der Waals surface area (Å²) < 4.78 is 0. The number of ketones is 1. The van der Waals surface area contributed by atoms with E-state index in [0.29, 0.717) is 11.7 Å². The van der Waals surface area contributed by atoms with Crippen molar-refractivity contribution in [3.63, 3.8) is 0 Å². The smallest absolute Gasteiger partial charge is 0.142 e. The summed E-state index contributed by atoms with van der Waals surface area (Å²) in [6.45, 7) is 8.39. The Balaban J connectivity index is 2.44. The number of carbonyl (C=O) groups excluding carboxylic acids is 1. The molecule has 82 valence electrons. The lowest BCUT2D eigenvalue weighted by molar-refractivity contribution is -0.127. The molecule has 1 aliphatic rings. The van der Waals surface area contributed by atoms with Gasteiger partial charge in [-0.05, 0) is 32.9 Å². The molecule has 0 bridgehead atoms. The van der Waals surface area contributed by atoms with E-state index in [2.05, 4.69) is 32.7 Å². The van der Waals surface area contributed by atoms with Gasteiger partial charge >= 0.3 is 0 Å². The van der Waals surface area contributed by atoms with Gasteiger partial charge in [0.1, 0.15) is 5.78 Å². The fourth-order valence-corrected chi connectivity index (χ4v) is 2.37. The van der Waals surface area contributed by atoms with Gasteiger partial charge in [-0.1, -0.05) is 20.8 Å². The number of carbonyl (C=O) groups is 1. The Hall–Kier alpha value is -0.370. The number of rotatable bonds is 4. The second-order valence-electron chi connectivity index (χ2n) is 5.25. The fourth-order valence-electron chi connectivity index (χ4n) is 2.37. The summed E-state index contributed by atoms with van der Waals surface area (Å²) in [7, 11) is 2.11. The molecule has 0 spiro atoms. The van der Waals surface area contributed by atoms with Crippen LogP contribution in [0.4, 0.5) is 0 Å². The minimum absolute atomic E-state index is 0.0578. The van der Waals surface area contributed by atoms with E-state index >= 15 is 0 Å². The molecule has 0 heterocycles. The second-order valence-corrected chi connectivity index (χ2v) is 5.25. The summed E-state index contributed by atoms with van der Waals surface area (Å²) in [4.78, 5) is 14.2. The van der Waals surface area contributed by atoms with E-state index in [1.54, 1.807) is 0 Å². The van der Waals surface area contributed by atoms with Crippen LogP contribution in [0.5, 0.6) is 0 Å². The Kier molecular flexibility index (Phi) is 3.71. The maximum absolute atomic E-state index is 11.9. The Morgan fingerprint density at radius 3 is 2.57 bits per heavy atom. The van der Waals surface area contributed by atoms with Gasteiger partial charge in [0.2, 0.25) is 0 Å². The predicted molar refractivity (Wildman–Crippen MR) is 59.3 cm³/mol. The highest BCUT2D eigenvalue weighted by atomic mass is 16.1. The van der Waals surface area contributed by atoms with Gasteiger partial charge in [-0.2, -0.15) is 0 Å². The lowest BCUT2D eigenvalue weighted by Crippen LogP contribution is -2.31. The van der Waals surface area contributed by atoms with Crippen molar-refractivity contribution in [2.75, 3.05) is 20.1 Å². The van der Waals surface area contributed by atoms with Crippen LogP contribution in [0.25, 0.3) is 0 Å². The fraction of sp³-hybridized carbons (Fsp3) is 0.917. The number of hydrogen-bond donors (Lipinski definition) is 0. The average molecular weight is 197 g/mol. The third kappa shape index (κ3) is 2.57. The molecule has 1 rings (SSSR count). The van der Waals surface area contributed by atoms with Crippen molar-refractivity contribution in [1.82, 2.24) is 4.90 Å². The average Bonchev–Trinajstić information content (AvgIpc) is 2.33. The van der Waals surface area contributed by atoms with Gasteiger partial charge in [0.05, 0.1) is 0 Å². The van der Waals surface area contributed by atoms with Crippen LogP contribution >= 0.6 is 0 Å². The summed E-state index contributed by atoms with van der Waals surface area (Å²) in [6.07, 6.45) is 3.32. The van der Waals surface area contributed by atoms with Crippen LogP contribution < -0.4 is 0 Å². The quantitative estimate of drug-likeness (QED) is 0.689. The summed E-state index contributed by atoms with van der Waals surface area (Å²) in [5, 5.41) is 0. The van der Waals surface area contributed by atoms with Gasteiger partial charge in [-0.25, -0.2) is 0 Å². The molecule has 1 fully saturated rings. The molecule has 2 nitrogen and oxygen atoms in total. The molecule has 0 N–H and O–H groups in total. The third-order valence-electron chi connectivity index (χ3n) is 3.29. The third-order valence-corrected chi connectivity index (χ3v) is 3.29. The zero-order valence-electron chi connectivity index (χ0n) is 9.97. The monoisotopic (exact) mass is 197 g/mol. The van der Waals surface area contributed by atoms with Gasteiger partial charge in [-0.3, -0.25) is 4.79 Å². The van der Waals surface area contributed by atoms with E-state index in [1.807, 2.05) is 0 Å². The molecule has 0 amide bonds. The van der Waals surface area contributed by atoms with Crippen LogP contribution in [0.1, 0.15) is 40.0 Å². The molecule has 0 saturated heterocycles. The van der Waals surface area contributed by atoms with Crippen LogP contribution in [0, 0.1) is 11.3 Å². The molecule has 1 unspecified atom stereocenters. The number of Topliss-reactive ketones (excluding diaryl/α,β-unsaturated/α-hetero) is 1. The summed E-state index contributed by atoms with van der Waals surface area (Å²) >= 11 is 0. The molecular weight excluding hydrogens is 174 g/mol. The Bertz CT molecular complexity index is 210. The molecule has 0 aromatic heterocycles. The first-order valence-corrected chi connectivity index (χ1v) is 5.70. The highest BCUT2D eigenvalue weighted by Crippen LogP contribution is 2.37. The standard InChI is InChI=1S/C12H23NO/c1-5-8-13(4)9-10-6-7-12(2,3)11(10)14/h10H,5-9H2,1-4H3. The zero-order chi connectivity index (χ0) is 10.8. The Morgan fingerprint density at radius 2 is 2.14 bits per heavy atom. The van der Waals surface area contributed by atoms with Crippen LogP contribution in [0.3, 0.4) is 0 Å². The summed E-state index contributed by atoms with van der Waals surface area (Å²) in [5.41, 5.74) is -0.0578. The molecule has 2 heteroatoms. The lowest BCUT2D eigenvalue weighted by Gasteiger charge is -2.21. The van der Waals surface area contributed by atoms with Crippen molar-refractivity contribution < 1.29 is 4.79 Å². The Morgan fingerprint density at radius 1 is 1.50 bits per heavy atom. The largest absolute Gasteiger partial charge is 0.306 e. The van der Waals surface area contributed by atoms with E-state index in [-0.39, 0.29) is 5.41 Å². The SMILES string of the molecule is CCCN(C)CC1CCC(C)(C)C1=O. The molecule has 1 atom stereocenters. The van der Waals surface area contributed by atoms with E-state index in [9.17, 15) is 4.79 Å². The van der Waals surface area contributed by atoms with Crippen LogP contribution in [-0.2, 0) is 4.79 Å². The van der Waals surface area contributed by atoms with Crippen molar-refractivity contribution in [3.8, 4) is 0 Å². The van der Waals surface area contributed by atoms with Gasteiger partial charge in [0, 0.05) is 17.9 Å². The van der Waals surface area contributed by atoms with Crippen LogP contribution in [0.2, 0.25) is 0 Å². The van der Waals surface area contributed by atoms with Crippen molar-refractivity contribution >= 4 is 5.78 Å². The molecule has 0 aromatic rings. The van der Waals surface area contributed by atoms with Crippen LogP contribution in [0.15, 0.2) is 0 Å². The second kappa shape index (κ2) is 4.43. The van der Waals surface area contributed by atoms with Gasteiger partial charge in [-0.15, -0.1) is 0 Å². The molecular formula is C12H23NO. The van der Waals surface area contributed by atoms with Crippen molar-refractivity contribution in [2.45, 2.75) is 40.0 Å². The van der Waals surface area contributed by atoms with Crippen molar-refractivity contribution in [3.05, 3.63) is 0 Å². The van der Waals surface area contributed by atoms with Gasteiger partial charge < -0.3 is 4.90 Å². The number of nitrogens with zero attached hydrogens (tertiary/aromatic N) is 1. The molecule has 1 saturated carbocycles. The number of hydrogen-bond acceptors (Lipinski definition) is 2. The highest BCUT2D eigenvalue weighted by Gasteiger charge is 2.40. The normalized spacial score (nSPS) is 26.1. The van der Waals surface area contributed by atoms with E-state index in [4.69, 9.17) is 0 Å². The highest BCUT2D eigenvalue weighted by molar-refractivity contribution is 5.88.